The van der Waals surface area contributed by atoms with Gasteiger partial charge in [-0.2, -0.15) is 0 Å². The molecule has 0 spiro atoms. The normalized spacial score (nSPS) is 39.3. The number of benzene rings is 1. The second-order valence-corrected chi connectivity index (χ2v) is 9.08. The third-order valence-corrected chi connectivity index (χ3v) is 8.28. The van der Waals surface area contributed by atoms with Crippen molar-refractivity contribution in [3.63, 3.8) is 0 Å². The van der Waals surface area contributed by atoms with E-state index in [-0.39, 0.29) is 11.2 Å². The molecule has 0 amide bonds. The summed E-state index contributed by atoms with van der Waals surface area (Å²) in [6.45, 7) is 0. The van der Waals surface area contributed by atoms with Crippen LogP contribution >= 0.6 is 0 Å². The molecule has 108 valence electrons. The van der Waals surface area contributed by atoms with Gasteiger partial charge in [-0.3, -0.25) is 0 Å². The van der Waals surface area contributed by atoms with Crippen molar-refractivity contribution in [1.29, 1.82) is 0 Å². The van der Waals surface area contributed by atoms with Gasteiger partial charge in [0, 0.05) is 0 Å². The first kappa shape index (κ1) is 12.2. The van der Waals surface area contributed by atoms with Crippen LogP contribution in [-0.4, -0.2) is 13.7 Å². The average Bonchev–Trinajstić information content (AvgIpc) is 3.26. The number of hydrogen-bond acceptors (Lipinski definition) is 2. The van der Waals surface area contributed by atoms with Gasteiger partial charge >= 0.3 is 0 Å². The van der Waals surface area contributed by atoms with Gasteiger partial charge in [0.05, 0.1) is 10.1 Å². The molecule has 5 atom stereocenters. The van der Waals surface area contributed by atoms with Gasteiger partial charge in [0.1, 0.15) is 0 Å². The van der Waals surface area contributed by atoms with Gasteiger partial charge in [0.25, 0.3) is 0 Å². The number of hydrogen-bond donors (Lipinski definition) is 0. The Bertz CT molecular complexity index is 773. The van der Waals surface area contributed by atoms with Gasteiger partial charge in [0.15, 0.2) is 9.84 Å². The lowest BCUT2D eigenvalue weighted by Gasteiger charge is -2.28. The van der Waals surface area contributed by atoms with Crippen LogP contribution in [-0.2, 0) is 9.84 Å². The molecule has 1 fully saturated rings. The smallest absolute Gasteiger partial charge is 0.181 e. The summed E-state index contributed by atoms with van der Waals surface area (Å²) < 4.78 is 26.0. The Hall–Kier alpha value is -1.35. The summed E-state index contributed by atoms with van der Waals surface area (Å²) in [4.78, 5) is 0.503. The molecule has 0 aliphatic heterocycles. The summed E-state index contributed by atoms with van der Waals surface area (Å²) >= 11 is 0. The number of sulfone groups is 1. The minimum absolute atomic E-state index is 0.184. The Morgan fingerprint density at radius 1 is 0.857 bits per heavy atom. The maximum atomic E-state index is 13.0. The highest BCUT2D eigenvalue weighted by Crippen LogP contribution is 2.62. The van der Waals surface area contributed by atoms with Crippen LogP contribution in [0.3, 0.4) is 0 Å². The summed E-state index contributed by atoms with van der Waals surface area (Å²) in [5, 5.41) is -0.184. The highest BCUT2D eigenvalue weighted by atomic mass is 32.2. The van der Waals surface area contributed by atoms with E-state index in [1.54, 1.807) is 17.7 Å². The highest BCUT2D eigenvalue weighted by molar-refractivity contribution is 7.92. The fraction of sp³-hybridized carbons (Fsp3) is 0.444. The van der Waals surface area contributed by atoms with Gasteiger partial charge in [-0.15, -0.1) is 0 Å². The molecule has 1 aromatic rings. The van der Waals surface area contributed by atoms with Crippen molar-refractivity contribution in [2.45, 2.75) is 29.4 Å². The molecule has 2 nitrogen and oxygen atoms in total. The first-order valence-electron chi connectivity index (χ1n) is 7.87. The molecule has 4 bridgehead atoms. The van der Waals surface area contributed by atoms with Gasteiger partial charge in [-0.25, -0.2) is 8.42 Å². The van der Waals surface area contributed by atoms with Crippen LogP contribution < -0.4 is 0 Å². The average molecular weight is 298 g/mol. The molecule has 5 rings (SSSR count). The van der Waals surface area contributed by atoms with Gasteiger partial charge in [-0.1, -0.05) is 41.5 Å². The second-order valence-electron chi connectivity index (χ2n) is 6.92. The summed E-state index contributed by atoms with van der Waals surface area (Å²) in [7, 11) is -3.18. The van der Waals surface area contributed by atoms with Crippen LogP contribution in [0.1, 0.15) is 19.3 Å². The molecule has 1 saturated carbocycles. The lowest BCUT2D eigenvalue weighted by molar-refractivity contribution is 0.536. The van der Waals surface area contributed by atoms with Crippen molar-refractivity contribution < 1.29 is 8.42 Å². The van der Waals surface area contributed by atoms with E-state index in [2.05, 4.69) is 12.2 Å². The van der Waals surface area contributed by atoms with Crippen LogP contribution in [0, 0.1) is 23.7 Å². The zero-order valence-corrected chi connectivity index (χ0v) is 12.6. The third kappa shape index (κ3) is 1.45. The van der Waals surface area contributed by atoms with Crippen molar-refractivity contribution in [3.8, 4) is 0 Å². The molecule has 0 unspecified atom stereocenters. The predicted octanol–water partition coefficient (Wildman–Crippen LogP) is 3.37. The van der Waals surface area contributed by atoms with E-state index in [1.807, 2.05) is 18.2 Å². The quantitative estimate of drug-likeness (QED) is 0.619. The monoisotopic (exact) mass is 298 g/mol. The zero-order valence-electron chi connectivity index (χ0n) is 11.8. The van der Waals surface area contributed by atoms with Crippen molar-refractivity contribution in [2.75, 3.05) is 0 Å². The topological polar surface area (TPSA) is 34.1 Å². The molecule has 0 saturated heterocycles. The predicted molar refractivity (Wildman–Crippen MR) is 81.4 cm³/mol. The van der Waals surface area contributed by atoms with E-state index in [9.17, 15) is 8.42 Å². The fourth-order valence-corrected chi connectivity index (χ4v) is 7.39. The molecule has 0 N–H and O–H groups in total. The summed E-state index contributed by atoms with van der Waals surface area (Å²) in [5.41, 5.74) is 3.15. The van der Waals surface area contributed by atoms with Crippen molar-refractivity contribution >= 4 is 9.84 Å². The van der Waals surface area contributed by atoms with Crippen molar-refractivity contribution in [1.82, 2.24) is 0 Å². The SMILES string of the molecule is O=S(=O)(c1ccccc1)[C@@H]1C[C@@H]2C[C@@H]1C1=C2[C@H]2C=C[C@H]1C2. The molecule has 0 radical (unpaired) electrons. The molecule has 1 aromatic carbocycles. The van der Waals surface area contributed by atoms with E-state index < -0.39 is 9.84 Å². The van der Waals surface area contributed by atoms with Crippen LogP contribution in [0.25, 0.3) is 0 Å². The van der Waals surface area contributed by atoms with E-state index in [1.165, 1.54) is 12.0 Å². The Labute approximate surface area is 125 Å². The first-order chi connectivity index (χ1) is 10.2. The molecule has 3 heteroatoms. The Balaban J connectivity index is 1.56. The first-order valence-corrected chi connectivity index (χ1v) is 9.42. The summed E-state index contributed by atoms with van der Waals surface area (Å²) in [6.07, 6.45) is 7.81. The Morgan fingerprint density at radius 3 is 2.33 bits per heavy atom. The molecule has 0 heterocycles. The van der Waals surface area contributed by atoms with E-state index in [0.29, 0.717) is 22.6 Å². The zero-order chi connectivity index (χ0) is 14.2. The minimum Gasteiger partial charge on any atom is -0.223 e. The number of fused-ring (bicyclic) bond motifs is 8. The fourth-order valence-electron chi connectivity index (χ4n) is 5.32. The Morgan fingerprint density at radius 2 is 1.57 bits per heavy atom. The van der Waals surface area contributed by atoms with Gasteiger partial charge < -0.3 is 0 Å². The summed E-state index contributed by atoms with van der Waals surface area (Å²) in [6, 6.07) is 9.02. The van der Waals surface area contributed by atoms with Crippen LogP contribution in [0.5, 0.6) is 0 Å². The lowest BCUT2D eigenvalue weighted by Crippen LogP contribution is -2.30. The van der Waals surface area contributed by atoms with Crippen molar-refractivity contribution in [2.24, 2.45) is 23.7 Å². The van der Waals surface area contributed by atoms with Crippen LogP contribution in [0.4, 0.5) is 0 Å². The molecular weight excluding hydrogens is 280 g/mol. The minimum atomic E-state index is -3.18. The lowest BCUT2D eigenvalue weighted by atomic mass is 9.85. The van der Waals surface area contributed by atoms with E-state index in [4.69, 9.17) is 0 Å². The maximum absolute atomic E-state index is 13.0. The second kappa shape index (κ2) is 3.89. The van der Waals surface area contributed by atoms with E-state index >= 15 is 0 Å². The van der Waals surface area contributed by atoms with Crippen LogP contribution in [0.15, 0.2) is 58.5 Å². The molecule has 4 aliphatic rings. The van der Waals surface area contributed by atoms with Gasteiger partial charge in [-0.05, 0) is 55.1 Å². The number of allylic oxidation sites excluding steroid dienone is 4. The molecule has 4 aliphatic carbocycles. The Kier molecular flexibility index (Phi) is 2.26. The third-order valence-electron chi connectivity index (χ3n) is 6.03. The largest absolute Gasteiger partial charge is 0.223 e. The van der Waals surface area contributed by atoms with Crippen LogP contribution in [0.2, 0.25) is 0 Å². The van der Waals surface area contributed by atoms with Crippen molar-refractivity contribution in [3.05, 3.63) is 53.6 Å². The standard InChI is InChI=1S/C18H18O2S/c19-21(20,14-4-2-1-3-5-14)16-10-13-9-15(16)18-12-7-6-11(8-12)17(13)18/h1-7,11-13,15-16H,8-10H2/t11-,12-,13-,15-,16+/m0/s1. The summed E-state index contributed by atoms with van der Waals surface area (Å²) in [5.74, 6) is 2.01. The maximum Gasteiger partial charge on any atom is 0.181 e. The molecular formula is C18H18O2S. The number of rotatable bonds is 2. The molecule has 0 aromatic heterocycles. The van der Waals surface area contributed by atoms with E-state index in [0.717, 1.165) is 12.8 Å². The highest BCUT2D eigenvalue weighted by Gasteiger charge is 2.56. The molecule has 21 heavy (non-hydrogen) atoms. The van der Waals surface area contributed by atoms with Gasteiger partial charge in [0.2, 0.25) is 0 Å².